The van der Waals surface area contributed by atoms with Crippen molar-refractivity contribution in [2.45, 2.75) is 19.0 Å². The van der Waals surface area contributed by atoms with Crippen LogP contribution in [-0.4, -0.2) is 29.8 Å². The van der Waals surface area contributed by atoms with Crippen molar-refractivity contribution in [3.05, 3.63) is 59.8 Å². The Balaban J connectivity index is 1.90. The average molecular weight is 272 g/mol. The zero-order valence-corrected chi connectivity index (χ0v) is 11.6. The number of pyridine rings is 1. The number of ether oxygens (including phenoxy) is 1. The highest BCUT2D eigenvalue weighted by Gasteiger charge is 2.08. The molecule has 0 unspecified atom stereocenters. The molecule has 2 rings (SSSR count). The zero-order chi connectivity index (χ0) is 14.2. The molecule has 0 aliphatic carbocycles. The third-order valence-electron chi connectivity index (χ3n) is 3.11. The number of aromatic nitrogens is 1. The predicted octanol–water partition coefficient (Wildman–Crippen LogP) is 1.78. The Morgan fingerprint density at radius 2 is 1.95 bits per heavy atom. The van der Waals surface area contributed by atoms with Crippen molar-refractivity contribution in [1.82, 2.24) is 10.3 Å². The number of nitrogens with zero attached hydrogens (tertiary/aromatic N) is 1. The number of aliphatic hydroxyl groups excluding tert-OH is 1. The lowest BCUT2D eigenvalue weighted by Gasteiger charge is -2.16. The predicted molar refractivity (Wildman–Crippen MR) is 78.6 cm³/mol. The maximum Gasteiger partial charge on any atom is 0.213 e. The van der Waals surface area contributed by atoms with Gasteiger partial charge < -0.3 is 15.2 Å². The normalized spacial score (nSPS) is 12.1. The lowest BCUT2D eigenvalue weighted by atomic mass is 10.1. The molecule has 0 amide bonds. The molecule has 0 saturated carbocycles. The van der Waals surface area contributed by atoms with Crippen LogP contribution in [0.15, 0.2) is 48.5 Å². The molecular weight excluding hydrogens is 252 g/mol. The van der Waals surface area contributed by atoms with Crippen LogP contribution in [-0.2, 0) is 13.0 Å². The van der Waals surface area contributed by atoms with Crippen LogP contribution in [0.2, 0.25) is 0 Å². The summed E-state index contributed by atoms with van der Waals surface area (Å²) in [6.07, 6.45) is 0.793. The summed E-state index contributed by atoms with van der Waals surface area (Å²) in [5, 5.41) is 12.8. The highest BCUT2D eigenvalue weighted by molar-refractivity contribution is 5.17. The van der Waals surface area contributed by atoms with Gasteiger partial charge in [0.15, 0.2) is 0 Å². The average Bonchev–Trinajstić information content (AvgIpc) is 2.52. The van der Waals surface area contributed by atoms with Gasteiger partial charge in [-0.1, -0.05) is 36.4 Å². The molecule has 0 spiro atoms. The minimum absolute atomic E-state index is 0.0189. The van der Waals surface area contributed by atoms with Crippen molar-refractivity contribution in [2.75, 3.05) is 13.7 Å². The molecular formula is C16H20N2O2. The van der Waals surface area contributed by atoms with E-state index in [0.29, 0.717) is 12.4 Å². The smallest absolute Gasteiger partial charge is 0.213 e. The van der Waals surface area contributed by atoms with Gasteiger partial charge in [0.25, 0.3) is 0 Å². The summed E-state index contributed by atoms with van der Waals surface area (Å²) < 4.78 is 5.10. The van der Waals surface area contributed by atoms with E-state index in [1.54, 1.807) is 7.11 Å². The first kappa shape index (κ1) is 14.5. The summed E-state index contributed by atoms with van der Waals surface area (Å²) in [5.41, 5.74) is 2.11. The molecule has 1 heterocycles. The van der Waals surface area contributed by atoms with Gasteiger partial charge in [0.05, 0.1) is 19.4 Å². The van der Waals surface area contributed by atoms with Crippen LogP contribution in [0, 0.1) is 0 Å². The van der Waals surface area contributed by atoms with Gasteiger partial charge in [0.2, 0.25) is 5.88 Å². The minimum Gasteiger partial charge on any atom is -0.481 e. The van der Waals surface area contributed by atoms with Gasteiger partial charge in [0, 0.05) is 18.7 Å². The van der Waals surface area contributed by atoms with E-state index in [1.165, 1.54) is 5.56 Å². The summed E-state index contributed by atoms with van der Waals surface area (Å²) in [5.74, 6) is 0.605. The fourth-order valence-electron chi connectivity index (χ4n) is 2.02. The van der Waals surface area contributed by atoms with Crippen LogP contribution in [0.5, 0.6) is 5.88 Å². The highest BCUT2D eigenvalue weighted by Crippen LogP contribution is 2.07. The number of nitrogens with one attached hydrogen (secondary N) is 1. The molecule has 1 aromatic heterocycles. The molecule has 1 aromatic carbocycles. The topological polar surface area (TPSA) is 54.4 Å². The van der Waals surface area contributed by atoms with Gasteiger partial charge >= 0.3 is 0 Å². The van der Waals surface area contributed by atoms with Crippen molar-refractivity contribution in [3.8, 4) is 5.88 Å². The Kier molecular flexibility index (Phi) is 5.53. The second-order valence-electron chi connectivity index (χ2n) is 4.62. The number of hydrogen-bond donors (Lipinski definition) is 2. The SMILES string of the molecule is COc1cccc(CN[C@@H](CO)Cc2ccccc2)n1. The van der Waals surface area contributed by atoms with Gasteiger partial charge in [-0.2, -0.15) is 0 Å². The Bertz CT molecular complexity index is 517. The monoisotopic (exact) mass is 272 g/mol. The zero-order valence-electron chi connectivity index (χ0n) is 11.6. The van der Waals surface area contributed by atoms with E-state index in [-0.39, 0.29) is 12.6 Å². The molecule has 2 aromatic rings. The van der Waals surface area contributed by atoms with Crippen molar-refractivity contribution in [3.63, 3.8) is 0 Å². The summed E-state index contributed by atoms with van der Waals surface area (Å²) >= 11 is 0. The van der Waals surface area contributed by atoms with Gasteiger partial charge in [-0.25, -0.2) is 4.98 Å². The van der Waals surface area contributed by atoms with Crippen molar-refractivity contribution in [2.24, 2.45) is 0 Å². The second-order valence-corrected chi connectivity index (χ2v) is 4.62. The van der Waals surface area contributed by atoms with Gasteiger partial charge in [-0.05, 0) is 18.1 Å². The number of hydrogen-bond acceptors (Lipinski definition) is 4. The number of benzene rings is 1. The minimum atomic E-state index is 0.0189. The second kappa shape index (κ2) is 7.62. The fourth-order valence-corrected chi connectivity index (χ4v) is 2.02. The maximum atomic E-state index is 9.46. The lowest BCUT2D eigenvalue weighted by molar-refractivity contribution is 0.240. The highest BCUT2D eigenvalue weighted by atomic mass is 16.5. The lowest BCUT2D eigenvalue weighted by Crippen LogP contribution is -2.34. The molecule has 4 heteroatoms. The summed E-state index contributed by atoms with van der Waals surface area (Å²) in [6, 6.07) is 15.8. The van der Waals surface area contributed by atoms with E-state index < -0.39 is 0 Å². The van der Waals surface area contributed by atoms with Gasteiger partial charge in [0.1, 0.15) is 0 Å². The molecule has 106 valence electrons. The molecule has 20 heavy (non-hydrogen) atoms. The fraction of sp³-hybridized carbons (Fsp3) is 0.312. The third-order valence-corrected chi connectivity index (χ3v) is 3.11. The first-order valence-corrected chi connectivity index (χ1v) is 6.70. The molecule has 4 nitrogen and oxygen atoms in total. The van der Waals surface area contributed by atoms with E-state index in [4.69, 9.17) is 4.74 Å². The van der Waals surface area contributed by atoms with E-state index >= 15 is 0 Å². The Labute approximate surface area is 119 Å². The van der Waals surface area contributed by atoms with Gasteiger partial charge in [-0.3, -0.25) is 0 Å². The van der Waals surface area contributed by atoms with Crippen LogP contribution < -0.4 is 10.1 Å². The largest absolute Gasteiger partial charge is 0.481 e. The van der Waals surface area contributed by atoms with Crippen LogP contribution in [0.4, 0.5) is 0 Å². The van der Waals surface area contributed by atoms with Crippen LogP contribution >= 0.6 is 0 Å². The number of rotatable bonds is 7. The Morgan fingerprint density at radius 1 is 1.15 bits per heavy atom. The first-order valence-electron chi connectivity index (χ1n) is 6.70. The Hall–Kier alpha value is -1.91. The van der Waals surface area contributed by atoms with Gasteiger partial charge in [-0.15, -0.1) is 0 Å². The van der Waals surface area contributed by atoms with Crippen molar-refractivity contribution < 1.29 is 9.84 Å². The summed E-state index contributed by atoms with van der Waals surface area (Å²) in [6.45, 7) is 0.703. The maximum absolute atomic E-state index is 9.46. The quantitative estimate of drug-likeness (QED) is 0.807. The molecule has 1 atom stereocenters. The number of aliphatic hydroxyl groups is 1. The van der Waals surface area contributed by atoms with Crippen LogP contribution in [0.25, 0.3) is 0 Å². The Morgan fingerprint density at radius 3 is 2.65 bits per heavy atom. The molecule has 2 N–H and O–H groups in total. The van der Waals surface area contributed by atoms with Crippen LogP contribution in [0.1, 0.15) is 11.3 Å². The first-order chi connectivity index (χ1) is 9.81. The molecule has 0 fully saturated rings. The summed E-state index contributed by atoms with van der Waals surface area (Å²) in [4.78, 5) is 4.34. The van der Waals surface area contributed by atoms with E-state index in [9.17, 15) is 5.11 Å². The molecule has 0 saturated heterocycles. The molecule has 0 radical (unpaired) electrons. The van der Waals surface area contributed by atoms with E-state index in [1.807, 2.05) is 36.4 Å². The van der Waals surface area contributed by atoms with Crippen molar-refractivity contribution >= 4 is 0 Å². The molecule has 0 aliphatic heterocycles. The molecule has 0 aliphatic rings. The van der Waals surface area contributed by atoms with Crippen molar-refractivity contribution in [1.29, 1.82) is 0 Å². The number of methoxy groups -OCH3 is 1. The molecule has 0 bridgehead atoms. The van der Waals surface area contributed by atoms with E-state index in [0.717, 1.165) is 12.1 Å². The summed E-state index contributed by atoms with van der Waals surface area (Å²) in [7, 11) is 1.60. The standard InChI is InChI=1S/C16H20N2O2/c1-20-16-9-5-8-14(18-16)11-17-15(12-19)10-13-6-3-2-4-7-13/h2-9,15,17,19H,10-12H2,1H3/t15-/m1/s1. The third kappa shape index (κ3) is 4.33. The van der Waals surface area contributed by atoms with E-state index in [2.05, 4.69) is 22.4 Å². The van der Waals surface area contributed by atoms with Crippen LogP contribution in [0.3, 0.4) is 0 Å².